The molecule has 0 amide bonds. The number of benzene rings is 1. The maximum atomic E-state index is 12.6. The summed E-state index contributed by atoms with van der Waals surface area (Å²) >= 11 is 3.27. The Kier molecular flexibility index (Phi) is 3.97. The van der Waals surface area contributed by atoms with Crippen LogP contribution in [0.25, 0.3) is 10.9 Å². The van der Waals surface area contributed by atoms with Crippen molar-refractivity contribution in [3.8, 4) is 0 Å². The van der Waals surface area contributed by atoms with Crippen molar-refractivity contribution in [3.63, 3.8) is 0 Å². The van der Waals surface area contributed by atoms with Crippen LogP contribution in [0.5, 0.6) is 0 Å². The smallest absolute Gasteiger partial charge is 0.310 e. The summed E-state index contributed by atoms with van der Waals surface area (Å²) in [6.45, 7) is 0.194. The zero-order valence-electron chi connectivity index (χ0n) is 11.6. The second kappa shape index (κ2) is 5.81. The SMILES string of the molecule is O=c1c2cc(Br)cnc2ccn1Cc1ccc(C(F)(F)F)cc1. The Morgan fingerprint density at radius 3 is 2.48 bits per heavy atom. The van der Waals surface area contributed by atoms with Crippen molar-refractivity contribution in [2.75, 3.05) is 0 Å². The predicted molar refractivity (Wildman–Crippen MR) is 84.2 cm³/mol. The highest BCUT2D eigenvalue weighted by atomic mass is 79.9. The molecule has 0 radical (unpaired) electrons. The van der Waals surface area contributed by atoms with E-state index in [0.717, 1.165) is 12.1 Å². The van der Waals surface area contributed by atoms with E-state index >= 15 is 0 Å². The molecule has 3 nitrogen and oxygen atoms in total. The maximum Gasteiger partial charge on any atom is 0.416 e. The summed E-state index contributed by atoms with van der Waals surface area (Å²) in [5.41, 5.74) is 0.237. The second-order valence-corrected chi connectivity index (χ2v) is 5.95. The van der Waals surface area contributed by atoms with Crippen molar-refractivity contribution >= 4 is 26.8 Å². The van der Waals surface area contributed by atoms with Gasteiger partial charge in [-0.15, -0.1) is 0 Å². The molecule has 23 heavy (non-hydrogen) atoms. The second-order valence-electron chi connectivity index (χ2n) is 5.03. The minimum absolute atomic E-state index is 0.194. The summed E-state index contributed by atoms with van der Waals surface area (Å²) in [7, 11) is 0. The van der Waals surface area contributed by atoms with Gasteiger partial charge in [0.05, 0.1) is 23.0 Å². The molecule has 2 heterocycles. The fourth-order valence-electron chi connectivity index (χ4n) is 2.26. The molecule has 0 fully saturated rings. The van der Waals surface area contributed by atoms with Crippen molar-refractivity contribution in [1.82, 2.24) is 9.55 Å². The molecule has 2 aromatic heterocycles. The van der Waals surface area contributed by atoms with E-state index in [1.54, 1.807) is 24.5 Å². The van der Waals surface area contributed by atoms with E-state index in [4.69, 9.17) is 0 Å². The van der Waals surface area contributed by atoms with Crippen LogP contribution in [0.1, 0.15) is 11.1 Å². The van der Waals surface area contributed by atoms with Gasteiger partial charge < -0.3 is 4.57 Å². The molecule has 1 aromatic carbocycles. The van der Waals surface area contributed by atoms with Crippen molar-refractivity contribution in [1.29, 1.82) is 0 Å². The van der Waals surface area contributed by atoms with Gasteiger partial charge in [0.25, 0.3) is 5.56 Å². The van der Waals surface area contributed by atoms with Gasteiger partial charge in [0, 0.05) is 16.9 Å². The molecule has 0 atom stereocenters. The van der Waals surface area contributed by atoms with E-state index in [1.165, 1.54) is 16.7 Å². The average Bonchev–Trinajstić information content (AvgIpc) is 2.50. The van der Waals surface area contributed by atoms with E-state index in [0.29, 0.717) is 20.9 Å². The lowest BCUT2D eigenvalue weighted by molar-refractivity contribution is -0.137. The van der Waals surface area contributed by atoms with Gasteiger partial charge >= 0.3 is 6.18 Å². The van der Waals surface area contributed by atoms with E-state index in [9.17, 15) is 18.0 Å². The minimum atomic E-state index is -4.36. The van der Waals surface area contributed by atoms with Crippen LogP contribution in [-0.4, -0.2) is 9.55 Å². The molecule has 7 heteroatoms. The topological polar surface area (TPSA) is 34.9 Å². The Hall–Kier alpha value is -2.15. The number of aromatic nitrogens is 2. The zero-order valence-corrected chi connectivity index (χ0v) is 13.2. The van der Waals surface area contributed by atoms with E-state index in [1.807, 2.05) is 0 Å². The first-order valence-electron chi connectivity index (χ1n) is 6.65. The van der Waals surface area contributed by atoms with Crippen LogP contribution in [0.15, 0.2) is 58.1 Å². The summed E-state index contributed by atoms with van der Waals surface area (Å²) < 4.78 is 39.8. The van der Waals surface area contributed by atoms with E-state index in [2.05, 4.69) is 20.9 Å². The largest absolute Gasteiger partial charge is 0.416 e. The number of hydrogen-bond acceptors (Lipinski definition) is 2. The third-order valence-corrected chi connectivity index (χ3v) is 3.86. The molecule has 0 aliphatic rings. The van der Waals surface area contributed by atoms with Gasteiger partial charge in [0.15, 0.2) is 0 Å². The first-order valence-corrected chi connectivity index (χ1v) is 7.45. The van der Waals surface area contributed by atoms with E-state index < -0.39 is 11.7 Å². The molecule has 0 saturated carbocycles. The quantitative estimate of drug-likeness (QED) is 0.664. The maximum absolute atomic E-state index is 12.6. The van der Waals surface area contributed by atoms with E-state index in [-0.39, 0.29) is 12.1 Å². The van der Waals surface area contributed by atoms with Crippen LogP contribution >= 0.6 is 15.9 Å². The molecular formula is C16H10BrF3N2O. The highest BCUT2D eigenvalue weighted by Crippen LogP contribution is 2.29. The van der Waals surface area contributed by atoms with Crippen molar-refractivity contribution < 1.29 is 13.2 Å². The van der Waals surface area contributed by atoms with Crippen LogP contribution in [0.4, 0.5) is 13.2 Å². The number of rotatable bonds is 2. The minimum Gasteiger partial charge on any atom is -0.310 e. The van der Waals surface area contributed by atoms with Gasteiger partial charge in [-0.25, -0.2) is 0 Å². The lowest BCUT2D eigenvalue weighted by atomic mass is 10.1. The average molecular weight is 383 g/mol. The molecule has 0 spiro atoms. The number of nitrogens with zero attached hydrogens (tertiary/aromatic N) is 2. The van der Waals surface area contributed by atoms with Gasteiger partial charge in [-0.05, 0) is 45.8 Å². The highest BCUT2D eigenvalue weighted by Gasteiger charge is 2.29. The molecule has 0 aliphatic carbocycles. The Balaban J connectivity index is 1.95. The first kappa shape index (κ1) is 15.7. The molecule has 0 bridgehead atoms. The Bertz CT molecular complexity index is 917. The third-order valence-electron chi connectivity index (χ3n) is 3.42. The predicted octanol–water partition coefficient (Wildman–Crippen LogP) is 4.23. The number of hydrogen-bond donors (Lipinski definition) is 0. The molecule has 0 N–H and O–H groups in total. The van der Waals surface area contributed by atoms with Gasteiger partial charge in [-0.3, -0.25) is 9.78 Å². The zero-order chi connectivity index (χ0) is 16.6. The summed E-state index contributed by atoms with van der Waals surface area (Å²) in [6.07, 6.45) is -1.18. The molecule has 118 valence electrons. The highest BCUT2D eigenvalue weighted by molar-refractivity contribution is 9.10. The fraction of sp³-hybridized carbons (Fsp3) is 0.125. The van der Waals surface area contributed by atoms with Gasteiger partial charge in [0.1, 0.15) is 0 Å². The lowest BCUT2D eigenvalue weighted by Gasteiger charge is -2.10. The van der Waals surface area contributed by atoms with Gasteiger partial charge in [-0.2, -0.15) is 13.2 Å². The Morgan fingerprint density at radius 1 is 1.13 bits per heavy atom. The van der Waals surface area contributed by atoms with Crippen LogP contribution < -0.4 is 5.56 Å². The number of alkyl halides is 3. The number of fused-ring (bicyclic) bond motifs is 1. The standard InChI is InChI=1S/C16H10BrF3N2O/c17-12-7-13-14(21-8-12)5-6-22(15(13)23)9-10-1-3-11(4-2-10)16(18,19)20/h1-8H,9H2. The summed E-state index contributed by atoms with van der Waals surface area (Å²) in [4.78, 5) is 16.6. The molecule has 3 aromatic rings. The van der Waals surface area contributed by atoms with Crippen LogP contribution in [-0.2, 0) is 12.7 Å². The fourth-order valence-corrected chi connectivity index (χ4v) is 2.59. The van der Waals surface area contributed by atoms with Gasteiger partial charge in [0.2, 0.25) is 0 Å². The van der Waals surface area contributed by atoms with Crippen LogP contribution in [0.2, 0.25) is 0 Å². The molecule has 0 aliphatic heterocycles. The molecule has 3 rings (SSSR count). The third kappa shape index (κ3) is 3.29. The Labute approximate surface area is 137 Å². The summed E-state index contributed by atoms with van der Waals surface area (Å²) in [6, 6.07) is 8.15. The van der Waals surface area contributed by atoms with Crippen molar-refractivity contribution in [2.45, 2.75) is 12.7 Å². The molecular weight excluding hydrogens is 373 g/mol. The monoisotopic (exact) mass is 382 g/mol. The van der Waals surface area contributed by atoms with Crippen molar-refractivity contribution in [3.05, 3.63) is 74.7 Å². The number of halogens is 4. The number of pyridine rings is 2. The summed E-state index contributed by atoms with van der Waals surface area (Å²) in [5.74, 6) is 0. The summed E-state index contributed by atoms with van der Waals surface area (Å²) in [5, 5.41) is 0.453. The normalized spacial score (nSPS) is 11.8. The van der Waals surface area contributed by atoms with Crippen molar-refractivity contribution in [2.24, 2.45) is 0 Å². The Morgan fingerprint density at radius 2 is 1.83 bits per heavy atom. The molecule has 0 unspecified atom stereocenters. The lowest BCUT2D eigenvalue weighted by Crippen LogP contribution is -2.20. The molecule has 0 saturated heterocycles. The van der Waals surface area contributed by atoms with Crippen LogP contribution in [0, 0.1) is 0 Å². The first-order chi connectivity index (χ1) is 10.8. The van der Waals surface area contributed by atoms with Crippen LogP contribution in [0.3, 0.4) is 0 Å². The van der Waals surface area contributed by atoms with Gasteiger partial charge in [-0.1, -0.05) is 12.1 Å².